The van der Waals surface area contributed by atoms with Crippen LogP contribution in [0.1, 0.15) is 21.6 Å². The maximum atomic E-state index is 13.3. The Bertz CT molecular complexity index is 1310. The molecule has 0 spiro atoms. The fraction of sp³-hybridized carbons (Fsp3) is 0.304. The molecule has 2 heterocycles. The first kappa shape index (κ1) is 22.1. The second-order valence-corrected chi connectivity index (χ2v) is 12.0. The maximum Gasteiger partial charge on any atom is 0.274 e. The minimum Gasteiger partial charge on any atom is -0.505 e. The molecule has 0 saturated carbocycles. The van der Waals surface area contributed by atoms with E-state index in [2.05, 4.69) is 5.10 Å². The standard InChI is InChI=1S/C23H26FN4O3P/c1-32(2,31)14-16-4-3-5-18-19(16)22(26-25)28-13-12-27(23(30)20(28)21(18)29)11-10-15-6-8-17(24)9-7-15/h3-9,29H,10-14,25H2,1-2H3/b26-22+. The molecule has 0 radical (unpaired) electrons. The predicted octanol–water partition coefficient (Wildman–Crippen LogP) is 3.08. The Kier molecular flexibility index (Phi) is 5.82. The summed E-state index contributed by atoms with van der Waals surface area (Å²) in [5.74, 6) is 5.00. The molecule has 0 atom stereocenters. The van der Waals surface area contributed by atoms with Crippen molar-refractivity contribution in [2.75, 3.05) is 26.4 Å². The number of benzene rings is 2. The van der Waals surface area contributed by atoms with Crippen LogP contribution in [0.2, 0.25) is 0 Å². The van der Waals surface area contributed by atoms with Crippen molar-refractivity contribution in [1.29, 1.82) is 0 Å². The lowest BCUT2D eigenvalue weighted by Gasteiger charge is -2.31. The number of carbonyl (C=O) groups is 1. The highest BCUT2D eigenvalue weighted by Crippen LogP contribution is 2.42. The molecule has 1 aromatic heterocycles. The molecule has 0 bridgehead atoms. The summed E-state index contributed by atoms with van der Waals surface area (Å²) in [5, 5.41) is 16.1. The number of hydrogen-bond acceptors (Lipinski definition) is 5. The highest BCUT2D eigenvalue weighted by molar-refractivity contribution is 7.61. The molecule has 0 saturated heterocycles. The number of rotatable bonds is 5. The number of aromatic nitrogens is 1. The molecule has 0 unspecified atom stereocenters. The Morgan fingerprint density at radius 1 is 1.16 bits per heavy atom. The van der Waals surface area contributed by atoms with Crippen molar-refractivity contribution in [3.8, 4) is 5.75 Å². The number of nitrogens with two attached hydrogens (primary N) is 1. The predicted molar refractivity (Wildman–Crippen MR) is 123 cm³/mol. The van der Waals surface area contributed by atoms with Crippen LogP contribution in [0.5, 0.6) is 5.75 Å². The molecule has 3 N–H and O–H groups in total. The normalized spacial score (nSPS) is 14.8. The summed E-state index contributed by atoms with van der Waals surface area (Å²) in [4.78, 5) is 15.0. The van der Waals surface area contributed by atoms with Crippen LogP contribution in [0.4, 0.5) is 4.39 Å². The molecule has 3 aromatic rings. The largest absolute Gasteiger partial charge is 0.505 e. The van der Waals surface area contributed by atoms with E-state index in [1.165, 1.54) is 12.1 Å². The van der Waals surface area contributed by atoms with E-state index in [0.717, 1.165) is 11.1 Å². The van der Waals surface area contributed by atoms with Gasteiger partial charge in [0.25, 0.3) is 5.91 Å². The summed E-state index contributed by atoms with van der Waals surface area (Å²) in [6.07, 6.45) is 0.907. The van der Waals surface area contributed by atoms with Crippen molar-refractivity contribution < 1.29 is 18.9 Å². The lowest BCUT2D eigenvalue weighted by atomic mass is 10.0. The Balaban J connectivity index is 1.76. The molecule has 1 aliphatic heterocycles. The summed E-state index contributed by atoms with van der Waals surface area (Å²) in [6.45, 7) is 4.69. The third-order valence-corrected chi connectivity index (χ3v) is 6.82. The fourth-order valence-electron chi connectivity index (χ4n) is 4.27. The van der Waals surface area contributed by atoms with E-state index in [1.807, 2.05) is 6.07 Å². The number of pyridine rings is 1. The summed E-state index contributed by atoms with van der Waals surface area (Å²) < 4.78 is 27.3. The van der Waals surface area contributed by atoms with Gasteiger partial charge in [-0.2, -0.15) is 5.10 Å². The van der Waals surface area contributed by atoms with Gasteiger partial charge in [-0.05, 0) is 43.0 Å². The van der Waals surface area contributed by atoms with Crippen molar-refractivity contribution in [3.05, 3.63) is 70.6 Å². The molecular formula is C23H26FN4O3P. The molecule has 32 heavy (non-hydrogen) atoms. The first-order valence-electron chi connectivity index (χ1n) is 10.4. The quantitative estimate of drug-likeness (QED) is 0.350. The summed E-state index contributed by atoms with van der Waals surface area (Å²) in [7, 11) is -2.40. The molecule has 4 rings (SSSR count). The van der Waals surface area contributed by atoms with Gasteiger partial charge in [0.05, 0.1) is 7.14 Å². The van der Waals surface area contributed by atoms with E-state index in [1.54, 1.807) is 47.1 Å². The Morgan fingerprint density at radius 2 is 1.88 bits per heavy atom. The summed E-state index contributed by atoms with van der Waals surface area (Å²) in [5.41, 5.74) is 2.23. The molecule has 1 amide bonds. The number of nitrogens with zero attached hydrogens (tertiary/aromatic N) is 3. The van der Waals surface area contributed by atoms with Crippen LogP contribution >= 0.6 is 7.14 Å². The van der Waals surface area contributed by atoms with Gasteiger partial charge in [0.1, 0.15) is 5.82 Å². The Morgan fingerprint density at radius 3 is 2.53 bits per heavy atom. The average molecular weight is 456 g/mol. The summed E-state index contributed by atoms with van der Waals surface area (Å²) in [6, 6.07) is 11.5. The van der Waals surface area contributed by atoms with Crippen LogP contribution in [0.3, 0.4) is 0 Å². The minimum atomic E-state index is -2.40. The Hall–Kier alpha value is -3.12. The molecular weight excluding hydrogens is 430 g/mol. The maximum absolute atomic E-state index is 13.3. The number of fused-ring (bicyclic) bond motifs is 2. The number of carbonyl (C=O) groups excluding carboxylic acids is 1. The van der Waals surface area contributed by atoms with Crippen LogP contribution in [0.15, 0.2) is 47.6 Å². The third kappa shape index (κ3) is 4.15. The van der Waals surface area contributed by atoms with E-state index in [4.69, 9.17) is 5.84 Å². The zero-order valence-electron chi connectivity index (χ0n) is 18.1. The van der Waals surface area contributed by atoms with Crippen molar-refractivity contribution in [1.82, 2.24) is 9.47 Å². The second kappa shape index (κ2) is 8.43. The zero-order chi connectivity index (χ0) is 23.0. The van der Waals surface area contributed by atoms with E-state index >= 15 is 0 Å². The number of halogens is 1. The second-order valence-electron chi connectivity index (χ2n) is 8.54. The van der Waals surface area contributed by atoms with Crippen molar-refractivity contribution in [2.24, 2.45) is 10.9 Å². The van der Waals surface area contributed by atoms with Crippen LogP contribution in [0.25, 0.3) is 10.8 Å². The van der Waals surface area contributed by atoms with E-state index < -0.39 is 7.14 Å². The van der Waals surface area contributed by atoms with E-state index in [9.17, 15) is 18.9 Å². The highest BCUT2D eigenvalue weighted by atomic mass is 31.2. The first-order valence-corrected chi connectivity index (χ1v) is 13.2. The van der Waals surface area contributed by atoms with Gasteiger partial charge in [-0.1, -0.05) is 30.3 Å². The highest BCUT2D eigenvalue weighted by Gasteiger charge is 2.30. The van der Waals surface area contributed by atoms with Crippen LogP contribution in [-0.4, -0.2) is 46.9 Å². The van der Waals surface area contributed by atoms with Gasteiger partial charge < -0.3 is 25.0 Å². The minimum absolute atomic E-state index is 0.132. The topological polar surface area (TPSA) is 101 Å². The number of hydrogen-bond donors (Lipinski definition) is 2. The van der Waals surface area contributed by atoms with Crippen LogP contribution in [-0.2, 0) is 23.7 Å². The molecule has 7 nitrogen and oxygen atoms in total. The van der Waals surface area contributed by atoms with Gasteiger partial charge in [-0.15, -0.1) is 0 Å². The van der Waals surface area contributed by atoms with Gasteiger partial charge in [-0.3, -0.25) is 4.79 Å². The number of amides is 1. The molecule has 2 aromatic carbocycles. The zero-order valence-corrected chi connectivity index (χ0v) is 19.0. The molecule has 0 fully saturated rings. The van der Waals surface area contributed by atoms with Gasteiger partial charge in [0.15, 0.2) is 16.9 Å². The van der Waals surface area contributed by atoms with Gasteiger partial charge in [-0.25, -0.2) is 4.39 Å². The third-order valence-electron chi connectivity index (χ3n) is 5.72. The van der Waals surface area contributed by atoms with Gasteiger partial charge in [0.2, 0.25) is 0 Å². The molecule has 0 aliphatic carbocycles. The lowest BCUT2D eigenvalue weighted by molar-refractivity contribution is 0.0698. The average Bonchev–Trinajstić information content (AvgIpc) is 2.74. The van der Waals surface area contributed by atoms with E-state index in [-0.39, 0.29) is 23.2 Å². The van der Waals surface area contributed by atoms with Crippen LogP contribution in [0, 0.1) is 5.82 Å². The van der Waals surface area contributed by atoms with Gasteiger partial charge >= 0.3 is 0 Å². The molecule has 9 heteroatoms. The van der Waals surface area contributed by atoms with Gasteiger partial charge in [0, 0.05) is 36.6 Å². The smallest absolute Gasteiger partial charge is 0.274 e. The number of aromatic hydroxyl groups is 1. The molecule has 1 aliphatic rings. The fourth-order valence-corrected chi connectivity index (χ4v) is 5.35. The molecule has 168 valence electrons. The SMILES string of the molecule is CP(C)(=O)Cc1cccc2c(O)c3n(/c(=N/N)c12)CCN(CCc1ccc(F)cc1)C3=O. The monoisotopic (exact) mass is 456 g/mol. The van der Waals surface area contributed by atoms with Crippen molar-refractivity contribution in [3.63, 3.8) is 0 Å². The lowest BCUT2D eigenvalue weighted by Crippen LogP contribution is -2.45. The Labute approximate surface area is 185 Å². The van der Waals surface area contributed by atoms with Crippen LogP contribution < -0.4 is 11.3 Å². The van der Waals surface area contributed by atoms with E-state index in [0.29, 0.717) is 48.5 Å². The van der Waals surface area contributed by atoms with Crippen molar-refractivity contribution in [2.45, 2.75) is 19.1 Å². The summed E-state index contributed by atoms with van der Waals surface area (Å²) >= 11 is 0. The first-order chi connectivity index (χ1) is 15.2. The van der Waals surface area contributed by atoms with Crippen molar-refractivity contribution >= 4 is 23.8 Å².